The van der Waals surface area contributed by atoms with Crippen LogP contribution in [-0.2, 0) is 11.3 Å². The lowest BCUT2D eigenvalue weighted by Gasteiger charge is -2.38. The van der Waals surface area contributed by atoms with Crippen LogP contribution in [0.5, 0.6) is 5.75 Å². The average Bonchev–Trinajstić information content (AvgIpc) is 3.09. The molecule has 146 valence electrons. The maximum absolute atomic E-state index is 13.0. The summed E-state index contributed by atoms with van der Waals surface area (Å²) in [4.78, 5) is 31.5. The molecular formula is C22H25N3O3. The van der Waals surface area contributed by atoms with E-state index in [9.17, 15) is 9.59 Å². The minimum absolute atomic E-state index is 0.0236. The van der Waals surface area contributed by atoms with Crippen LogP contribution in [0.25, 0.3) is 0 Å². The average molecular weight is 379 g/mol. The van der Waals surface area contributed by atoms with E-state index in [0.29, 0.717) is 25.2 Å². The first-order chi connectivity index (χ1) is 13.6. The summed E-state index contributed by atoms with van der Waals surface area (Å²) in [6, 6.07) is 15.1. The first-order valence-corrected chi connectivity index (χ1v) is 9.65. The van der Waals surface area contributed by atoms with Crippen molar-refractivity contribution >= 4 is 17.5 Å². The number of amides is 2. The zero-order valence-electron chi connectivity index (χ0n) is 16.3. The third-order valence-electron chi connectivity index (χ3n) is 5.70. The number of hydrogen-bond acceptors (Lipinski definition) is 4. The molecule has 2 aliphatic rings. The largest absolute Gasteiger partial charge is 0.497 e. The number of ether oxygens (including phenoxy) is 1. The molecule has 0 saturated carbocycles. The fourth-order valence-electron chi connectivity index (χ4n) is 3.97. The molecular weight excluding hydrogens is 354 g/mol. The van der Waals surface area contributed by atoms with Gasteiger partial charge in [0.1, 0.15) is 11.8 Å². The summed E-state index contributed by atoms with van der Waals surface area (Å²) in [5.74, 6) is 0.812. The molecule has 0 radical (unpaired) electrons. The molecule has 6 heteroatoms. The molecule has 4 rings (SSSR count). The van der Waals surface area contributed by atoms with Crippen LogP contribution in [-0.4, -0.2) is 60.9 Å². The summed E-state index contributed by atoms with van der Waals surface area (Å²) in [6.07, 6.45) is 0. The van der Waals surface area contributed by atoms with Gasteiger partial charge >= 0.3 is 0 Å². The van der Waals surface area contributed by atoms with Crippen LogP contribution < -0.4 is 9.64 Å². The molecule has 0 aliphatic carbocycles. The Hall–Kier alpha value is -3.02. The third-order valence-corrected chi connectivity index (χ3v) is 5.70. The van der Waals surface area contributed by atoms with Gasteiger partial charge in [-0.05, 0) is 42.8 Å². The van der Waals surface area contributed by atoms with E-state index in [2.05, 4.69) is 4.90 Å². The van der Waals surface area contributed by atoms with Gasteiger partial charge in [-0.3, -0.25) is 9.59 Å². The third kappa shape index (κ3) is 3.30. The van der Waals surface area contributed by atoms with Crippen LogP contribution in [0.15, 0.2) is 48.5 Å². The molecule has 28 heavy (non-hydrogen) atoms. The first-order valence-electron chi connectivity index (χ1n) is 9.65. The number of fused-ring (bicyclic) bond motifs is 1. The van der Waals surface area contributed by atoms with E-state index in [-0.39, 0.29) is 11.8 Å². The molecule has 1 fully saturated rings. The quantitative estimate of drug-likeness (QED) is 0.819. The standard InChI is InChI=1S/C22H25N3O3/c1-16(25-15-17-5-3-4-6-20(17)22(25)27)21(26)24-13-11-23(12-14-24)18-7-9-19(28-2)10-8-18/h3-10,16H,11-15H2,1-2H3. The van der Waals surface area contributed by atoms with E-state index < -0.39 is 6.04 Å². The predicted octanol–water partition coefficient (Wildman–Crippen LogP) is 2.39. The molecule has 6 nitrogen and oxygen atoms in total. The Balaban J connectivity index is 1.37. The van der Waals surface area contributed by atoms with E-state index in [1.54, 1.807) is 12.0 Å². The number of nitrogens with zero attached hydrogens (tertiary/aromatic N) is 3. The summed E-state index contributed by atoms with van der Waals surface area (Å²) in [5, 5.41) is 0. The molecule has 0 spiro atoms. The highest BCUT2D eigenvalue weighted by atomic mass is 16.5. The minimum atomic E-state index is -0.451. The van der Waals surface area contributed by atoms with E-state index in [1.165, 1.54) is 0 Å². The fraction of sp³-hybridized carbons (Fsp3) is 0.364. The normalized spacial score (nSPS) is 17.5. The molecule has 0 bridgehead atoms. The monoisotopic (exact) mass is 379 g/mol. The van der Waals surface area contributed by atoms with Crippen molar-refractivity contribution in [2.24, 2.45) is 0 Å². The number of piperazine rings is 1. The molecule has 2 aromatic carbocycles. The lowest BCUT2D eigenvalue weighted by Crippen LogP contribution is -2.54. The second-order valence-electron chi connectivity index (χ2n) is 7.28. The van der Waals surface area contributed by atoms with Crippen LogP contribution in [0.2, 0.25) is 0 Å². The highest BCUT2D eigenvalue weighted by Gasteiger charge is 2.36. The molecule has 2 aliphatic heterocycles. The van der Waals surface area contributed by atoms with Crippen molar-refractivity contribution in [2.75, 3.05) is 38.2 Å². The van der Waals surface area contributed by atoms with Crippen molar-refractivity contribution in [1.29, 1.82) is 0 Å². The summed E-state index contributed by atoms with van der Waals surface area (Å²) in [6.45, 7) is 5.21. The van der Waals surface area contributed by atoms with Gasteiger partial charge in [-0.1, -0.05) is 18.2 Å². The van der Waals surface area contributed by atoms with E-state index in [0.717, 1.165) is 30.1 Å². The number of carbonyl (C=O) groups is 2. The summed E-state index contributed by atoms with van der Waals surface area (Å²) in [5.41, 5.74) is 2.84. The van der Waals surface area contributed by atoms with Gasteiger partial charge in [0.15, 0.2) is 0 Å². The van der Waals surface area contributed by atoms with Crippen LogP contribution in [0.3, 0.4) is 0 Å². The lowest BCUT2D eigenvalue weighted by molar-refractivity contribution is -0.136. The SMILES string of the molecule is COc1ccc(N2CCN(C(=O)C(C)N3Cc4ccccc4C3=O)CC2)cc1. The maximum atomic E-state index is 13.0. The topological polar surface area (TPSA) is 53.1 Å². The molecule has 0 N–H and O–H groups in total. The molecule has 2 amide bonds. The van der Waals surface area contributed by atoms with E-state index >= 15 is 0 Å². The molecule has 1 saturated heterocycles. The van der Waals surface area contributed by atoms with Crippen molar-refractivity contribution in [3.8, 4) is 5.75 Å². The van der Waals surface area contributed by atoms with Gasteiger partial charge in [0.2, 0.25) is 5.91 Å². The molecule has 2 heterocycles. The lowest BCUT2D eigenvalue weighted by atomic mass is 10.1. The van der Waals surface area contributed by atoms with Crippen molar-refractivity contribution in [3.63, 3.8) is 0 Å². The number of rotatable bonds is 4. The Labute approximate surface area is 165 Å². The highest BCUT2D eigenvalue weighted by Crippen LogP contribution is 2.26. The second kappa shape index (κ2) is 7.54. The number of carbonyl (C=O) groups excluding carboxylic acids is 2. The zero-order valence-corrected chi connectivity index (χ0v) is 16.3. The predicted molar refractivity (Wildman–Crippen MR) is 108 cm³/mol. The Morgan fingerprint density at radius 1 is 1.00 bits per heavy atom. The fourth-order valence-corrected chi connectivity index (χ4v) is 3.97. The highest BCUT2D eigenvalue weighted by molar-refractivity contribution is 6.01. The van der Waals surface area contributed by atoms with Gasteiger partial charge in [0.25, 0.3) is 5.91 Å². The Bertz CT molecular complexity index is 873. The van der Waals surface area contributed by atoms with Crippen LogP contribution in [0.4, 0.5) is 5.69 Å². The molecule has 1 unspecified atom stereocenters. The van der Waals surface area contributed by atoms with Crippen molar-refractivity contribution in [3.05, 3.63) is 59.7 Å². The second-order valence-corrected chi connectivity index (χ2v) is 7.28. The Kier molecular flexibility index (Phi) is 4.94. The van der Waals surface area contributed by atoms with Crippen molar-refractivity contribution < 1.29 is 14.3 Å². The first kappa shape index (κ1) is 18.3. The minimum Gasteiger partial charge on any atom is -0.497 e. The van der Waals surface area contributed by atoms with Gasteiger partial charge in [0, 0.05) is 44.0 Å². The van der Waals surface area contributed by atoms with Crippen LogP contribution >= 0.6 is 0 Å². The van der Waals surface area contributed by atoms with Gasteiger partial charge < -0.3 is 19.4 Å². The van der Waals surface area contributed by atoms with E-state index in [1.807, 2.05) is 60.4 Å². The van der Waals surface area contributed by atoms with Crippen LogP contribution in [0, 0.1) is 0 Å². The van der Waals surface area contributed by atoms with Crippen molar-refractivity contribution in [2.45, 2.75) is 19.5 Å². The summed E-state index contributed by atoms with van der Waals surface area (Å²) in [7, 11) is 1.66. The number of benzene rings is 2. The van der Waals surface area contributed by atoms with E-state index in [4.69, 9.17) is 4.74 Å². The maximum Gasteiger partial charge on any atom is 0.255 e. The number of methoxy groups -OCH3 is 1. The van der Waals surface area contributed by atoms with Gasteiger partial charge in [-0.25, -0.2) is 0 Å². The smallest absolute Gasteiger partial charge is 0.255 e. The molecule has 1 atom stereocenters. The Morgan fingerprint density at radius 2 is 1.68 bits per heavy atom. The molecule has 0 aromatic heterocycles. The van der Waals surface area contributed by atoms with Gasteiger partial charge in [0.05, 0.1) is 7.11 Å². The van der Waals surface area contributed by atoms with Crippen LogP contribution in [0.1, 0.15) is 22.8 Å². The van der Waals surface area contributed by atoms with Gasteiger partial charge in [-0.2, -0.15) is 0 Å². The van der Waals surface area contributed by atoms with Gasteiger partial charge in [-0.15, -0.1) is 0 Å². The summed E-state index contributed by atoms with van der Waals surface area (Å²) >= 11 is 0. The number of hydrogen-bond donors (Lipinski definition) is 0. The van der Waals surface area contributed by atoms with Crippen molar-refractivity contribution in [1.82, 2.24) is 9.80 Å². The zero-order chi connectivity index (χ0) is 19.7. The summed E-state index contributed by atoms with van der Waals surface area (Å²) < 4.78 is 5.21. The molecule has 2 aromatic rings. The number of anilines is 1. The Morgan fingerprint density at radius 3 is 2.32 bits per heavy atom.